The van der Waals surface area contributed by atoms with Crippen molar-refractivity contribution in [2.24, 2.45) is 0 Å². The van der Waals surface area contributed by atoms with Gasteiger partial charge in [0.15, 0.2) is 0 Å². The monoisotopic (exact) mass is 261 g/mol. The fourth-order valence-corrected chi connectivity index (χ4v) is 2.17. The van der Waals surface area contributed by atoms with Crippen molar-refractivity contribution in [3.63, 3.8) is 0 Å². The molecular formula is C13H15N3OS. The van der Waals surface area contributed by atoms with E-state index >= 15 is 0 Å². The van der Waals surface area contributed by atoms with Gasteiger partial charge in [0.2, 0.25) is 11.0 Å². The van der Waals surface area contributed by atoms with Crippen molar-refractivity contribution in [3.8, 4) is 0 Å². The first-order chi connectivity index (χ1) is 8.50. The zero-order valence-corrected chi connectivity index (χ0v) is 11.4. The molecule has 0 aliphatic heterocycles. The van der Waals surface area contributed by atoms with E-state index in [1.165, 1.54) is 11.3 Å². The minimum atomic E-state index is -0.596. The molecule has 0 saturated carbocycles. The Morgan fingerprint density at radius 2 is 1.89 bits per heavy atom. The minimum absolute atomic E-state index is 0.0788. The number of aromatic nitrogens is 2. The van der Waals surface area contributed by atoms with Gasteiger partial charge >= 0.3 is 0 Å². The predicted molar refractivity (Wildman–Crippen MR) is 72.7 cm³/mol. The Kier molecular flexibility index (Phi) is 3.43. The van der Waals surface area contributed by atoms with E-state index in [9.17, 15) is 4.79 Å². The summed E-state index contributed by atoms with van der Waals surface area (Å²) in [5.41, 5.74) is 0.379. The molecule has 5 heteroatoms. The molecule has 1 heterocycles. The maximum absolute atomic E-state index is 12.3. The van der Waals surface area contributed by atoms with Crippen LogP contribution in [0.5, 0.6) is 0 Å². The van der Waals surface area contributed by atoms with Gasteiger partial charge in [-0.05, 0) is 26.3 Å². The third-order valence-corrected chi connectivity index (χ3v) is 3.56. The molecule has 0 aliphatic carbocycles. The summed E-state index contributed by atoms with van der Waals surface area (Å²) < 4.78 is 0. The summed E-state index contributed by atoms with van der Waals surface area (Å²) in [6.45, 7) is 5.65. The first-order valence-electron chi connectivity index (χ1n) is 5.67. The number of rotatable bonds is 3. The van der Waals surface area contributed by atoms with Gasteiger partial charge in [-0.25, -0.2) is 0 Å². The number of benzene rings is 1. The summed E-state index contributed by atoms with van der Waals surface area (Å²) in [4.78, 5) is 12.3. The summed E-state index contributed by atoms with van der Waals surface area (Å²) >= 11 is 1.37. The summed E-state index contributed by atoms with van der Waals surface area (Å²) in [7, 11) is 0. The molecule has 94 valence electrons. The van der Waals surface area contributed by atoms with E-state index in [-0.39, 0.29) is 5.91 Å². The van der Waals surface area contributed by atoms with Gasteiger partial charge in [0, 0.05) is 0 Å². The molecule has 4 nitrogen and oxygen atoms in total. The Hall–Kier alpha value is -1.75. The highest BCUT2D eigenvalue weighted by atomic mass is 32.1. The first kappa shape index (κ1) is 12.7. The molecule has 1 aromatic carbocycles. The van der Waals surface area contributed by atoms with Gasteiger partial charge in [0.25, 0.3) is 0 Å². The van der Waals surface area contributed by atoms with E-state index in [0.29, 0.717) is 5.13 Å². The molecule has 0 aliphatic rings. The SMILES string of the molecule is Cc1nnc(NC(=O)C(C)(C)c2ccccc2)s1. The van der Waals surface area contributed by atoms with Crippen LogP contribution in [0.3, 0.4) is 0 Å². The van der Waals surface area contributed by atoms with Crippen LogP contribution in [0.1, 0.15) is 24.4 Å². The van der Waals surface area contributed by atoms with Crippen LogP contribution in [0.2, 0.25) is 0 Å². The highest BCUT2D eigenvalue weighted by Gasteiger charge is 2.30. The standard InChI is InChI=1S/C13H15N3OS/c1-9-15-16-12(18-9)14-11(17)13(2,3)10-7-5-4-6-8-10/h4-8H,1-3H3,(H,14,16,17). The number of nitrogens with zero attached hydrogens (tertiary/aromatic N) is 2. The van der Waals surface area contributed by atoms with Gasteiger partial charge in [-0.1, -0.05) is 41.7 Å². The molecule has 2 rings (SSSR count). The molecule has 18 heavy (non-hydrogen) atoms. The first-order valence-corrected chi connectivity index (χ1v) is 6.49. The van der Waals surface area contributed by atoms with Gasteiger partial charge in [-0.15, -0.1) is 10.2 Å². The van der Waals surface area contributed by atoms with Crippen molar-refractivity contribution in [2.45, 2.75) is 26.2 Å². The molecule has 0 bridgehead atoms. The molecule has 0 fully saturated rings. The van der Waals surface area contributed by atoms with Gasteiger partial charge < -0.3 is 0 Å². The van der Waals surface area contributed by atoms with Crippen LogP contribution in [-0.4, -0.2) is 16.1 Å². The Morgan fingerprint density at radius 3 is 2.44 bits per heavy atom. The number of hydrogen-bond donors (Lipinski definition) is 1. The largest absolute Gasteiger partial charge is 0.300 e. The third-order valence-electron chi connectivity index (χ3n) is 2.81. The molecular weight excluding hydrogens is 246 g/mol. The average Bonchev–Trinajstić information content (AvgIpc) is 2.76. The molecule has 0 saturated heterocycles. The lowest BCUT2D eigenvalue weighted by molar-refractivity contribution is -0.120. The van der Waals surface area contributed by atoms with Gasteiger partial charge in [0.1, 0.15) is 5.01 Å². The van der Waals surface area contributed by atoms with Gasteiger partial charge in [-0.3, -0.25) is 10.1 Å². The predicted octanol–water partition coefficient (Wildman–Crippen LogP) is 2.76. The van der Waals surface area contributed by atoms with Crippen molar-refractivity contribution in [1.82, 2.24) is 10.2 Å². The fraction of sp³-hybridized carbons (Fsp3) is 0.308. The van der Waals surface area contributed by atoms with Crippen LogP contribution >= 0.6 is 11.3 Å². The minimum Gasteiger partial charge on any atom is -0.300 e. The van der Waals surface area contributed by atoms with Gasteiger partial charge in [-0.2, -0.15) is 0 Å². The highest BCUT2D eigenvalue weighted by Crippen LogP contribution is 2.25. The topological polar surface area (TPSA) is 54.9 Å². The van der Waals surface area contributed by atoms with Gasteiger partial charge in [0.05, 0.1) is 5.41 Å². The number of amides is 1. The van der Waals surface area contributed by atoms with Crippen molar-refractivity contribution in [3.05, 3.63) is 40.9 Å². The van der Waals surface area contributed by atoms with E-state index in [1.807, 2.05) is 51.1 Å². The van der Waals surface area contributed by atoms with E-state index in [4.69, 9.17) is 0 Å². The zero-order valence-electron chi connectivity index (χ0n) is 10.6. The molecule has 1 amide bonds. The van der Waals surface area contributed by atoms with Crippen molar-refractivity contribution in [1.29, 1.82) is 0 Å². The molecule has 0 spiro atoms. The quantitative estimate of drug-likeness (QED) is 0.924. The second-order valence-electron chi connectivity index (χ2n) is 4.57. The zero-order chi connectivity index (χ0) is 13.2. The van der Waals surface area contributed by atoms with Crippen LogP contribution in [0, 0.1) is 6.92 Å². The number of nitrogens with one attached hydrogen (secondary N) is 1. The van der Waals surface area contributed by atoms with E-state index < -0.39 is 5.41 Å². The molecule has 2 aromatic rings. The van der Waals surface area contributed by atoms with Crippen LogP contribution in [0.15, 0.2) is 30.3 Å². The summed E-state index contributed by atoms with van der Waals surface area (Å²) in [5, 5.41) is 12.0. The Morgan fingerprint density at radius 1 is 1.22 bits per heavy atom. The normalized spacial score (nSPS) is 11.3. The Bertz CT molecular complexity index is 548. The molecule has 1 aromatic heterocycles. The lowest BCUT2D eigenvalue weighted by atomic mass is 9.84. The number of carbonyl (C=O) groups is 1. The van der Waals surface area contributed by atoms with E-state index in [2.05, 4.69) is 15.5 Å². The maximum Gasteiger partial charge on any atom is 0.236 e. The van der Waals surface area contributed by atoms with Crippen molar-refractivity contribution < 1.29 is 4.79 Å². The Labute approximate surface area is 110 Å². The lowest BCUT2D eigenvalue weighted by Gasteiger charge is -2.23. The van der Waals surface area contributed by atoms with Crippen LogP contribution in [-0.2, 0) is 10.2 Å². The molecule has 1 N–H and O–H groups in total. The van der Waals surface area contributed by atoms with Crippen molar-refractivity contribution in [2.75, 3.05) is 5.32 Å². The summed E-state index contributed by atoms with van der Waals surface area (Å²) in [6.07, 6.45) is 0. The third kappa shape index (κ3) is 2.56. The Balaban J connectivity index is 2.18. The molecule has 0 unspecified atom stereocenters. The maximum atomic E-state index is 12.3. The average molecular weight is 261 g/mol. The number of anilines is 1. The van der Waals surface area contributed by atoms with E-state index in [1.54, 1.807) is 0 Å². The fourth-order valence-electron chi connectivity index (χ4n) is 1.59. The lowest BCUT2D eigenvalue weighted by Crippen LogP contribution is -2.34. The number of aryl methyl sites for hydroxylation is 1. The smallest absolute Gasteiger partial charge is 0.236 e. The van der Waals surface area contributed by atoms with Crippen LogP contribution in [0.25, 0.3) is 0 Å². The molecule has 0 atom stereocenters. The second-order valence-corrected chi connectivity index (χ2v) is 5.75. The van der Waals surface area contributed by atoms with Crippen molar-refractivity contribution >= 4 is 22.4 Å². The number of hydrogen-bond acceptors (Lipinski definition) is 4. The summed E-state index contributed by atoms with van der Waals surface area (Å²) in [6, 6.07) is 9.69. The second kappa shape index (κ2) is 4.86. The van der Waals surface area contributed by atoms with Crippen LogP contribution < -0.4 is 5.32 Å². The summed E-state index contributed by atoms with van der Waals surface area (Å²) in [5.74, 6) is -0.0788. The molecule has 0 radical (unpaired) electrons. The van der Waals surface area contributed by atoms with E-state index in [0.717, 1.165) is 10.6 Å². The highest BCUT2D eigenvalue weighted by molar-refractivity contribution is 7.15. The van der Waals surface area contributed by atoms with Crippen LogP contribution in [0.4, 0.5) is 5.13 Å². The number of carbonyl (C=O) groups excluding carboxylic acids is 1.